The van der Waals surface area contributed by atoms with Gasteiger partial charge >= 0.3 is 18.4 Å². The molecule has 4 amide bonds. The molecule has 1 aromatic carbocycles. The maximum absolute atomic E-state index is 13.6. The lowest BCUT2D eigenvalue weighted by molar-refractivity contribution is -0.141. The summed E-state index contributed by atoms with van der Waals surface area (Å²) in [6.07, 6.45) is -7.94. The maximum Gasteiger partial charge on any atom is 0.426 e. The molecule has 2 rings (SSSR count). The number of nitrogens with one attached hydrogen (secondary N) is 3. The highest BCUT2D eigenvalue weighted by Gasteiger charge is 2.39. The summed E-state index contributed by atoms with van der Waals surface area (Å²) in [4.78, 5) is 53.5. The van der Waals surface area contributed by atoms with Gasteiger partial charge in [0.1, 0.15) is 29.8 Å². The quantitative estimate of drug-likeness (QED) is 0.249. The molecule has 0 spiro atoms. The number of hydrogen-bond donors (Lipinski definition) is 3. The second-order valence-electron chi connectivity index (χ2n) is 9.47. The Kier molecular flexibility index (Phi) is 11.2. The Morgan fingerprint density at radius 1 is 1.15 bits per heavy atom. The first kappa shape index (κ1) is 31.9. The van der Waals surface area contributed by atoms with Gasteiger partial charge in [0.25, 0.3) is 5.91 Å². The van der Waals surface area contributed by atoms with E-state index in [4.69, 9.17) is 21.1 Å². The predicted molar refractivity (Wildman–Crippen MR) is 132 cm³/mol. The van der Waals surface area contributed by atoms with Gasteiger partial charge in [0.2, 0.25) is 5.91 Å². The lowest BCUT2D eigenvalue weighted by atomic mass is 10.2. The van der Waals surface area contributed by atoms with Crippen molar-refractivity contribution >= 4 is 44.6 Å². The summed E-state index contributed by atoms with van der Waals surface area (Å²) in [5.74, 6) is -1.97. The smallest absolute Gasteiger partial charge is 0.426 e. The molecule has 17 heteroatoms. The van der Waals surface area contributed by atoms with Crippen molar-refractivity contribution in [3.05, 3.63) is 29.0 Å². The Morgan fingerprint density at radius 2 is 1.85 bits per heavy atom. The molecule has 3 N–H and O–H groups in total. The number of carbonyl (C=O) groups excluding carboxylic acids is 4. The largest absolute Gasteiger partial charge is 0.484 e. The highest BCUT2D eigenvalue weighted by Crippen LogP contribution is 2.22. The Bertz CT molecular complexity index is 1060. The van der Waals surface area contributed by atoms with Gasteiger partial charge in [-0.1, -0.05) is 11.6 Å². The lowest BCUT2D eigenvalue weighted by Gasteiger charge is -2.38. The van der Waals surface area contributed by atoms with Gasteiger partial charge in [-0.05, 0) is 45.4 Å². The Labute approximate surface area is 228 Å². The average molecular weight is 601 g/mol. The number of ether oxygens (including phenoxy) is 3. The van der Waals surface area contributed by atoms with Crippen molar-refractivity contribution in [1.29, 1.82) is 0 Å². The number of benzene rings is 1. The molecule has 218 valence electrons. The van der Waals surface area contributed by atoms with Crippen LogP contribution in [0.3, 0.4) is 0 Å². The predicted octanol–water partition coefficient (Wildman–Crippen LogP) is 2.96. The fourth-order valence-electron chi connectivity index (χ4n) is 3.36. The first-order chi connectivity index (χ1) is 18.0. The molecule has 1 heterocycles. The van der Waals surface area contributed by atoms with Crippen molar-refractivity contribution in [1.82, 2.24) is 20.7 Å². The van der Waals surface area contributed by atoms with E-state index in [-0.39, 0.29) is 23.4 Å². The van der Waals surface area contributed by atoms with E-state index in [2.05, 4.69) is 9.72 Å². The molecular formula is C22H29ClF4N4O7Si. The molecule has 1 aliphatic heterocycles. The molecule has 0 aromatic heterocycles. The molecule has 0 saturated carbocycles. The van der Waals surface area contributed by atoms with Crippen molar-refractivity contribution in [2.45, 2.75) is 57.5 Å². The van der Waals surface area contributed by atoms with Crippen molar-refractivity contribution in [2.24, 2.45) is 0 Å². The molecule has 1 fully saturated rings. The van der Waals surface area contributed by atoms with E-state index < -0.39 is 76.2 Å². The SMILES string of the molecule is CC(C)(C)OC(=O)N1C[Si@@H](NC(=O)COc2ccc(Cl)c(F)c2)CC[C@@H]1C(=O)NNC(=O)OCCC(F)(F)F. The number of carbonyl (C=O) groups is 4. The van der Waals surface area contributed by atoms with Crippen molar-refractivity contribution in [3.8, 4) is 5.75 Å². The van der Waals surface area contributed by atoms with Crippen LogP contribution in [0.25, 0.3) is 0 Å². The Morgan fingerprint density at radius 3 is 2.46 bits per heavy atom. The van der Waals surface area contributed by atoms with Gasteiger partial charge in [0, 0.05) is 12.2 Å². The molecule has 0 aliphatic carbocycles. The summed E-state index contributed by atoms with van der Waals surface area (Å²) < 4.78 is 65.1. The van der Waals surface area contributed by atoms with Crippen molar-refractivity contribution < 1.29 is 51.0 Å². The van der Waals surface area contributed by atoms with E-state index >= 15 is 0 Å². The van der Waals surface area contributed by atoms with Crippen LogP contribution in [-0.2, 0) is 19.1 Å². The molecule has 2 atom stereocenters. The number of halogens is 5. The highest BCUT2D eigenvalue weighted by molar-refractivity contribution is 6.59. The third kappa shape index (κ3) is 11.6. The normalized spacial score (nSPS) is 17.6. The lowest BCUT2D eigenvalue weighted by Crippen LogP contribution is -2.62. The topological polar surface area (TPSA) is 135 Å². The van der Waals surface area contributed by atoms with Gasteiger partial charge in [0.05, 0.1) is 11.4 Å². The second-order valence-corrected chi connectivity index (χ2v) is 12.5. The first-order valence-electron chi connectivity index (χ1n) is 11.7. The van der Waals surface area contributed by atoms with Gasteiger partial charge in [-0.3, -0.25) is 19.9 Å². The minimum Gasteiger partial charge on any atom is -0.484 e. The molecular weight excluding hydrogens is 572 g/mol. The molecule has 39 heavy (non-hydrogen) atoms. The van der Waals surface area contributed by atoms with E-state index in [0.29, 0.717) is 6.04 Å². The third-order valence-corrected chi connectivity index (χ3v) is 7.95. The third-order valence-electron chi connectivity index (χ3n) is 5.05. The van der Waals surface area contributed by atoms with Crippen molar-refractivity contribution in [2.75, 3.05) is 19.4 Å². The van der Waals surface area contributed by atoms with E-state index in [0.717, 1.165) is 11.0 Å². The van der Waals surface area contributed by atoms with Crippen LogP contribution < -0.4 is 20.6 Å². The summed E-state index contributed by atoms with van der Waals surface area (Å²) in [6, 6.07) is 2.96. The number of hydrazine groups is 1. The number of alkyl halides is 3. The summed E-state index contributed by atoms with van der Waals surface area (Å²) in [6.45, 7) is 3.49. The minimum atomic E-state index is -4.52. The van der Waals surface area contributed by atoms with Crippen LogP contribution >= 0.6 is 11.6 Å². The number of hydrogen-bond acceptors (Lipinski definition) is 7. The van der Waals surface area contributed by atoms with Gasteiger partial charge in [0.15, 0.2) is 15.6 Å². The molecule has 1 saturated heterocycles. The second kappa shape index (κ2) is 13.7. The monoisotopic (exact) mass is 600 g/mol. The van der Waals surface area contributed by atoms with Gasteiger partial charge in [-0.25, -0.2) is 19.4 Å². The molecule has 1 aliphatic rings. The highest BCUT2D eigenvalue weighted by atomic mass is 35.5. The zero-order valence-electron chi connectivity index (χ0n) is 21.3. The van der Waals surface area contributed by atoms with Gasteiger partial charge in [-0.2, -0.15) is 13.2 Å². The zero-order chi connectivity index (χ0) is 29.4. The van der Waals surface area contributed by atoms with Crippen LogP contribution in [0, 0.1) is 5.82 Å². The molecule has 1 aromatic rings. The minimum absolute atomic E-state index is 0.00958. The van der Waals surface area contributed by atoms with Crippen LogP contribution in [0.15, 0.2) is 18.2 Å². The van der Waals surface area contributed by atoms with Gasteiger partial charge in [-0.15, -0.1) is 0 Å². The van der Waals surface area contributed by atoms with Crippen LogP contribution in [0.1, 0.15) is 33.6 Å². The number of nitrogens with zero attached hydrogens (tertiary/aromatic N) is 1. The average Bonchev–Trinajstić information content (AvgIpc) is 2.81. The van der Waals surface area contributed by atoms with Crippen LogP contribution in [0.5, 0.6) is 5.75 Å². The Balaban J connectivity index is 1.96. The van der Waals surface area contributed by atoms with Crippen LogP contribution in [-0.4, -0.2) is 75.1 Å². The molecule has 0 bridgehead atoms. The summed E-state index contributed by atoms with van der Waals surface area (Å²) in [5, 5.41) is -0.101. The standard InChI is InChI=1S/C22H29ClF4N4O7Si/c1-21(2,3)38-20(35)31-12-39(30-17(32)11-37-13-4-5-14(23)15(24)10-13)9-6-16(31)18(33)28-29-19(34)36-8-7-22(25,26)27/h4-5,10,16,39H,6-9,11-12H2,1-3H3,(H,28,33)(H,29,34)(H,30,32)/t16-,39+/m1/s1. The van der Waals surface area contributed by atoms with E-state index in [1.54, 1.807) is 20.8 Å². The van der Waals surface area contributed by atoms with Crippen molar-refractivity contribution in [3.63, 3.8) is 0 Å². The van der Waals surface area contributed by atoms with Crippen LogP contribution in [0.2, 0.25) is 11.1 Å². The van der Waals surface area contributed by atoms with Gasteiger partial charge < -0.3 is 19.2 Å². The fourth-order valence-corrected chi connectivity index (χ4v) is 6.03. The maximum atomic E-state index is 13.6. The van der Waals surface area contributed by atoms with E-state index in [1.165, 1.54) is 12.1 Å². The molecule has 11 nitrogen and oxygen atoms in total. The summed E-state index contributed by atoms with van der Waals surface area (Å²) in [5.41, 5.74) is 2.96. The number of amides is 4. The molecule has 0 unspecified atom stereocenters. The van der Waals surface area contributed by atoms with E-state index in [9.17, 15) is 36.7 Å². The summed E-state index contributed by atoms with van der Waals surface area (Å²) in [7, 11) is -2.21. The number of rotatable bonds is 7. The van der Waals surface area contributed by atoms with Crippen LogP contribution in [0.4, 0.5) is 27.2 Å². The Hall–Kier alpha value is -3.27. The summed E-state index contributed by atoms with van der Waals surface area (Å²) >= 11 is 5.62. The zero-order valence-corrected chi connectivity index (χ0v) is 23.2. The first-order valence-corrected chi connectivity index (χ1v) is 14.3. The fraction of sp³-hybridized carbons (Fsp3) is 0.545. The molecule has 0 radical (unpaired) electrons. The van der Waals surface area contributed by atoms with E-state index in [1.807, 2.05) is 10.9 Å².